The monoisotopic (exact) mass is 654 g/mol. The van der Waals surface area contributed by atoms with E-state index in [9.17, 15) is 0 Å². The molecule has 0 amide bonds. The molecule has 50 heavy (non-hydrogen) atoms. The number of hydrogen-bond donors (Lipinski definition) is 1. The van der Waals surface area contributed by atoms with Crippen LogP contribution in [0.3, 0.4) is 0 Å². The molecule has 0 saturated carbocycles. The molecule has 0 saturated heterocycles. The summed E-state index contributed by atoms with van der Waals surface area (Å²) in [4.78, 5) is 8.20. The third-order valence-corrected chi connectivity index (χ3v) is 12.3. The average Bonchev–Trinajstić information content (AvgIpc) is 3.48. The number of nitrogens with zero attached hydrogens (tertiary/aromatic N) is 1. The first kappa shape index (κ1) is 28.0. The van der Waals surface area contributed by atoms with Crippen molar-refractivity contribution in [1.29, 1.82) is 0 Å². The Balaban J connectivity index is 1.24. The highest BCUT2D eigenvalue weighted by Gasteiger charge is 2.51. The van der Waals surface area contributed by atoms with Gasteiger partial charge < -0.3 is 5.32 Å². The van der Waals surface area contributed by atoms with Crippen molar-refractivity contribution in [2.24, 2.45) is 4.99 Å². The molecule has 1 N–H and O–H groups in total. The van der Waals surface area contributed by atoms with Gasteiger partial charge in [0.05, 0.1) is 5.41 Å². The lowest BCUT2D eigenvalue weighted by Crippen LogP contribution is -2.32. The van der Waals surface area contributed by atoms with E-state index in [1.807, 2.05) is 11.8 Å². The van der Waals surface area contributed by atoms with Crippen molar-refractivity contribution in [2.45, 2.75) is 21.2 Å². The van der Waals surface area contributed by atoms with Gasteiger partial charge in [0.15, 0.2) is 0 Å². The Kier molecular flexibility index (Phi) is 5.90. The van der Waals surface area contributed by atoms with E-state index in [-0.39, 0.29) is 6.04 Å². The third kappa shape index (κ3) is 3.73. The van der Waals surface area contributed by atoms with Gasteiger partial charge in [0, 0.05) is 26.6 Å². The molecule has 1 aliphatic carbocycles. The van der Waals surface area contributed by atoms with E-state index in [0.29, 0.717) is 0 Å². The number of nitrogens with one attached hydrogen (secondary N) is 1. The molecule has 0 fully saturated rings. The molecule has 1 spiro atoms. The molecule has 11 rings (SSSR count). The van der Waals surface area contributed by atoms with Gasteiger partial charge in [0.2, 0.25) is 0 Å². The highest BCUT2D eigenvalue weighted by molar-refractivity contribution is 8.00. The van der Waals surface area contributed by atoms with E-state index in [4.69, 9.17) is 4.99 Å². The van der Waals surface area contributed by atoms with E-state index in [1.54, 1.807) is 0 Å². The maximum Gasteiger partial charge on any atom is 0.134 e. The zero-order chi connectivity index (χ0) is 32.8. The van der Waals surface area contributed by atoms with Crippen LogP contribution in [0.5, 0.6) is 0 Å². The fourth-order valence-electron chi connectivity index (χ4n) is 8.88. The minimum absolute atomic E-state index is 0.102. The first-order valence-electron chi connectivity index (χ1n) is 17.3. The Morgan fingerprint density at radius 2 is 1.08 bits per heavy atom. The predicted molar refractivity (Wildman–Crippen MR) is 208 cm³/mol. The predicted octanol–water partition coefficient (Wildman–Crippen LogP) is 11.8. The number of aliphatic imine (C=N–C) groups is 1. The Morgan fingerprint density at radius 3 is 1.84 bits per heavy atom. The molecule has 0 radical (unpaired) electrons. The number of benzene rings is 8. The second-order valence-corrected chi connectivity index (χ2v) is 14.5. The van der Waals surface area contributed by atoms with E-state index in [2.05, 4.69) is 175 Å². The summed E-state index contributed by atoms with van der Waals surface area (Å²) in [7, 11) is 0. The number of hydrogen-bond acceptors (Lipinski definition) is 3. The maximum absolute atomic E-state index is 5.52. The van der Waals surface area contributed by atoms with Crippen LogP contribution in [0.1, 0.15) is 45.0 Å². The van der Waals surface area contributed by atoms with E-state index < -0.39 is 5.41 Å². The number of fused-ring (bicyclic) bond motifs is 14. The molecular weight excluding hydrogens is 625 g/mol. The minimum Gasteiger partial charge on any atom is -0.340 e. The van der Waals surface area contributed by atoms with Crippen LogP contribution in [0.4, 0.5) is 5.69 Å². The highest BCUT2D eigenvalue weighted by Crippen LogP contribution is 2.64. The van der Waals surface area contributed by atoms with Crippen molar-refractivity contribution in [1.82, 2.24) is 0 Å². The molecule has 0 bridgehead atoms. The number of rotatable bonds is 2. The summed E-state index contributed by atoms with van der Waals surface area (Å²) in [6, 6.07) is 62.3. The highest BCUT2D eigenvalue weighted by atomic mass is 32.2. The lowest BCUT2D eigenvalue weighted by Gasteiger charge is -2.40. The zero-order valence-electron chi connectivity index (χ0n) is 27.1. The molecule has 2 heterocycles. The van der Waals surface area contributed by atoms with E-state index in [0.717, 1.165) is 17.1 Å². The lowest BCUT2D eigenvalue weighted by atomic mass is 9.66. The van der Waals surface area contributed by atoms with Crippen molar-refractivity contribution in [2.75, 3.05) is 5.32 Å². The van der Waals surface area contributed by atoms with Gasteiger partial charge in [-0.3, -0.25) is 4.99 Å². The van der Waals surface area contributed by atoms with E-state index >= 15 is 0 Å². The Labute approximate surface area is 295 Å². The smallest absolute Gasteiger partial charge is 0.134 e. The first-order valence-corrected chi connectivity index (χ1v) is 18.1. The normalized spacial score (nSPS) is 16.2. The fourth-order valence-corrected chi connectivity index (χ4v) is 10.3. The van der Waals surface area contributed by atoms with Crippen LogP contribution in [0, 0.1) is 0 Å². The first-order chi connectivity index (χ1) is 24.8. The quantitative estimate of drug-likeness (QED) is 0.201. The van der Waals surface area contributed by atoms with Gasteiger partial charge in [-0.25, -0.2) is 0 Å². The largest absolute Gasteiger partial charge is 0.340 e. The summed E-state index contributed by atoms with van der Waals surface area (Å²) in [6.07, 6.45) is 0. The number of anilines is 1. The SMILES string of the molecule is c1ccc(C2N=C(c3cccc4c3-c3ccccc3C43c4ccc5ccccc5c4Sc4c3ccc3ccccc43)Nc3ccccc32)cc1. The molecule has 3 heteroatoms. The molecule has 2 aliphatic heterocycles. The second kappa shape index (κ2) is 10.5. The summed E-state index contributed by atoms with van der Waals surface area (Å²) in [5.74, 6) is 0.906. The molecule has 1 unspecified atom stereocenters. The van der Waals surface area contributed by atoms with Crippen LogP contribution >= 0.6 is 11.8 Å². The van der Waals surface area contributed by atoms with Gasteiger partial charge in [0.25, 0.3) is 0 Å². The minimum atomic E-state index is -0.502. The van der Waals surface area contributed by atoms with Crippen molar-refractivity contribution in [3.8, 4) is 11.1 Å². The van der Waals surface area contributed by atoms with Crippen molar-refractivity contribution in [3.63, 3.8) is 0 Å². The maximum atomic E-state index is 5.52. The van der Waals surface area contributed by atoms with Crippen LogP contribution in [-0.4, -0.2) is 5.84 Å². The average molecular weight is 655 g/mol. The molecular formula is C47H30N2S. The Hall–Kier alpha value is -5.90. The summed E-state index contributed by atoms with van der Waals surface area (Å²) in [5.41, 5.74) is 12.0. The molecule has 8 aromatic rings. The zero-order valence-corrected chi connectivity index (χ0v) is 27.9. The topological polar surface area (TPSA) is 24.4 Å². The van der Waals surface area contributed by atoms with Crippen molar-refractivity contribution < 1.29 is 0 Å². The third-order valence-electron chi connectivity index (χ3n) is 11.0. The standard InChI is InChI=1S/C47H30N2S/c1-2-15-31(16-3-1)43-35-20-9-11-24-41(35)48-46(49-43)36-21-12-23-38-42(36)34-19-8-10-22-37(34)47(38)39-27-25-29-13-4-6-17-32(29)44(39)50-45-33-18-7-5-14-30(33)26-28-40(45)47/h1-28,43H,(H,48,49). The molecule has 8 aromatic carbocycles. The summed E-state index contributed by atoms with van der Waals surface area (Å²) >= 11 is 1.94. The molecule has 234 valence electrons. The van der Waals surface area contributed by atoms with Gasteiger partial charge in [-0.15, -0.1) is 0 Å². The molecule has 3 aliphatic rings. The van der Waals surface area contributed by atoms with Gasteiger partial charge >= 0.3 is 0 Å². The fraction of sp³-hybridized carbons (Fsp3) is 0.0426. The van der Waals surface area contributed by atoms with Crippen LogP contribution in [0.2, 0.25) is 0 Å². The Bertz CT molecular complexity index is 2640. The summed E-state index contributed by atoms with van der Waals surface area (Å²) < 4.78 is 0. The van der Waals surface area contributed by atoms with E-state index in [1.165, 1.54) is 75.8 Å². The second-order valence-electron chi connectivity index (χ2n) is 13.5. The number of amidine groups is 1. The van der Waals surface area contributed by atoms with Gasteiger partial charge in [0.1, 0.15) is 11.9 Å². The van der Waals surface area contributed by atoms with Crippen LogP contribution in [0.25, 0.3) is 32.7 Å². The van der Waals surface area contributed by atoms with Crippen LogP contribution < -0.4 is 5.32 Å². The lowest BCUT2D eigenvalue weighted by molar-refractivity contribution is 0.729. The molecule has 1 atom stereocenters. The van der Waals surface area contributed by atoms with Crippen molar-refractivity contribution in [3.05, 3.63) is 209 Å². The van der Waals surface area contributed by atoms with Gasteiger partial charge in [-0.2, -0.15) is 0 Å². The number of para-hydroxylation sites is 1. The molecule has 0 aromatic heterocycles. The van der Waals surface area contributed by atoms with Crippen LogP contribution in [0.15, 0.2) is 185 Å². The Morgan fingerprint density at radius 1 is 0.480 bits per heavy atom. The van der Waals surface area contributed by atoms with Crippen LogP contribution in [-0.2, 0) is 5.41 Å². The summed E-state index contributed by atoms with van der Waals surface area (Å²) in [5, 5.41) is 8.94. The summed E-state index contributed by atoms with van der Waals surface area (Å²) in [6.45, 7) is 0. The van der Waals surface area contributed by atoms with Gasteiger partial charge in [-0.1, -0.05) is 176 Å². The molecule has 2 nitrogen and oxygen atoms in total. The van der Waals surface area contributed by atoms with Gasteiger partial charge in [-0.05, 0) is 66.6 Å². The van der Waals surface area contributed by atoms with Crippen molar-refractivity contribution >= 4 is 44.8 Å².